The van der Waals surface area contributed by atoms with E-state index in [1.165, 1.54) is 12.1 Å². The van der Waals surface area contributed by atoms with Crippen molar-refractivity contribution in [2.75, 3.05) is 6.54 Å². The second kappa shape index (κ2) is 5.42. The van der Waals surface area contributed by atoms with E-state index in [9.17, 15) is 4.39 Å². The predicted molar refractivity (Wildman–Crippen MR) is 68.6 cm³/mol. The molecular weight excluding hydrogens is 285 g/mol. The van der Waals surface area contributed by atoms with E-state index in [-0.39, 0.29) is 5.82 Å². The molecular formula is C12H13BrFN3. The van der Waals surface area contributed by atoms with Crippen molar-refractivity contribution >= 4 is 15.9 Å². The van der Waals surface area contributed by atoms with Crippen LogP contribution in [0.15, 0.2) is 35.1 Å². The van der Waals surface area contributed by atoms with Crippen LogP contribution in [-0.2, 0) is 6.54 Å². The van der Waals surface area contributed by atoms with Gasteiger partial charge < -0.3 is 5.32 Å². The van der Waals surface area contributed by atoms with Crippen molar-refractivity contribution in [2.45, 2.75) is 13.5 Å². The van der Waals surface area contributed by atoms with Gasteiger partial charge in [-0.25, -0.2) is 9.07 Å². The lowest BCUT2D eigenvalue weighted by Gasteiger charge is -2.10. The maximum absolute atomic E-state index is 13.2. The Morgan fingerprint density at radius 1 is 1.47 bits per heavy atom. The first-order chi connectivity index (χ1) is 8.20. The van der Waals surface area contributed by atoms with E-state index >= 15 is 0 Å². The van der Waals surface area contributed by atoms with Gasteiger partial charge in [-0.3, -0.25) is 0 Å². The fourth-order valence-electron chi connectivity index (χ4n) is 1.61. The van der Waals surface area contributed by atoms with Gasteiger partial charge >= 0.3 is 0 Å². The van der Waals surface area contributed by atoms with Gasteiger partial charge in [0.15, 0.2) is 0 Å². The number of rotatable bonds is 4. The Labute approximate surface area is 108 Å². The molecule has 0 atom stereocenters. The van der Waals surface area contributed by atoms with Crippen LogP contribution in [0.2, 0.25) is 0 Å². The van der Waals surface area contributed by atoms with Crippen LogP contribution in [0.25, 0.3) is 5.69 Å². The Bertz CT molecular complexity index is 510. The Morgan fingerprint density at radius 2 is 2.29 bits per heavy atom. The predicted octanol–water partition coefficient (Wildman–Crippen LogP) is 2.88. The average Bonchev–Trinajstić information content (AvgIpc) is 2.73. The summed E-state index contributed by atoms with van der Waals surface area (Å²) in [5.74, 6) is -0.229. The van der Waals surface area contributed by atoms with Crippen molar-refractivity contribution in [1.82, 2.24) is 15.1 Å². The minimum Gasteiger partial charge on any atom is -0.313 e. The van der Waals surface area contributed by atoms with Gasteiger partial charge in [0, 0.05) is 12.7 Å². The van der Waals surface area contributed by atoms with Crippen LogP contribution in [0.5, 0.6) is 0 Å². The summed E-state index contributed by atoms with van der Waals surface area (Å²) >= 11 is 3.35. The normalized spacial score (nSPS) is 10.8. The molecule has 90 valence electrons. The van der Waals surface area contributed by atoms with E-state index in [0.29, 0.717) is 6.54 Å². The summed E-state index contributed by atoms with van der Waals surface area (Å²) in [6.07, 6.45) is 3.56. The van der Waals surface area contributed by atoms with Gasteiger partial charge in [-0.1, -0.05) is 6.92 Å². The van der Waals surface area contributed by atoms with Gasteiger partial charge in [0.05, 0.1) is 16.4 Å². The van der Waals surface area contributed by atoms with Gasteiger partial charge in [-0.15, -0.1) is 0 Å². The molecule has 0 fully saturated rings. The number of benzene rings is 1. The maximum Gasteiger partial charge on any atom is 0.123 e. The van der Waals surface area contributed by atoms with Crippen LogP contribution in [0.1, 0.15) is 12.5 Å². The third-order valence-corrected chi connectivity index (χ3v) is 2.81. The molecule has 0 saturated carbocycles. The summed E-state index contributed by atoms with van der Waals surface area (Å²) in [4.78, 5) is 0. The molecule has 0 radical (unpaired) electrons. The SMILES string of the molecule is CCNCc1cc(F)ccc1-n1cc(Br)cn1. The molecule has 17 heavy (non-hydrogen) atoms. The van der Waals surface area contributed by atoms with Crippen LogP contribution in [0.3, 0.4) is 0 Å². The van der Waals surface area contributed by atoms with Gasteiger partial charge in [0.2, 0.25) is 0 Å². The zero-order valence-electron chi connectivity index (χ0n) is 9.45. The Morgan fingerprint density at radius 3 is 2.94 bits per heavy atom. The van der Waals surface area contributed by atoms with Crippen molar-refractivity contribution in [2.24, 2.45) is 0 Å². The number of nitrogens with one attached hydrogen (secondary N) is 1. The lowest BCUT2D eigenvalue weighted by atomic mass is 10.1. The molecule has 1 aromatic carbocycles. The molecule has 0 bridgehead atoms. The first-order valence-electron chi connectivity index (χ1n) is 5.40. The second-order valence-electron chi connectivity index (χ2n) is 3.66. The first kappa shape index (κ1) is 12.3. The highest BCUT2D eigenvalue weighted by molar-refractivity contribution is 9.10. The van der Waals surface area contributed by atoms with Crippen LogP contribution >= 0.6 is 15.9 Å². The molecule has 1 aromatic heterocycles. The van der Waals surface area contributed by atoms with Gasteiger partial charge in [-0.2, -0.15) is 5.10 Å². The minimum atomic E-state index is -0.229. The van der Waals surface area contributed by atoms with Crippen molar-refractivity contribution in [3.8, 4) is 5.69 Å². The lowest BCUT2D eigenvalue weighted by molar-refractivity contribution is 0.620. The lowest BCUT2D eigenvalue weighted by Crippen LogP contribution is -2.14. The summed E-state index contributed by atoms with van der Waals surface area (Å²) < 4.78 is 15.9. The molecule has 1 N–H and O–H groups in total. The van der Waals surface area contributed by atoms with Gasteiger partial charge in [0.1, 0.15) is 5.82 Å². The molecule has 0 aliphatic heterocycles. The van der Waals surface area contributed by atoms with Gasteiger partial charge in [-0.05, 0) is 46.2 Å². The zero-order chi connectivity index (χ0) is 12.3. The third kappa shape index (κ3) is 2.92. The van der Waals surface area contributed by atoms with E-state index in [2.05, 4.69) is 26.3 Å². The summed E-state index contributed by atoms with van der Waals surface area (Å²) in [5, 5.41) is 7.39. The number of aromatic nitrogens is 2. The molecule has 0 aliphatic rings. The standard InChI is InChI=1S/C12H13BrFN3/c1-2-15-6-9-5-11(14)3-4-12(9)17-8-10(13)7-16-17/h3-5,7-8,15H,2,6H2,1H3. The highest BCUT2D eigenvalue weighted by atomic mass is 79.9. The van der Waals surface area contributed by atoms with Crippen molar-refractivity contribution in [3.05, 3.63) is 46.4 Å². The summed E-state index contributed by atoms with van der Waals surface area (Å²) in [5.41, 5.74) is 1.78. The van der Waals surface area contributed by atoms with Crippen molar-refractivity contribution in [1.29, 1.82) is 0 Å². The molecule has 3 nitrogen and oxygen atoms in total. The van der Waals surface area contributed by atoms with Crippen LogP contribution in [-0.4, -0.2) is 16.3 Å². The topological polar surface area (TPSA) is 29.9 Å². The molecule has 1 heterocycles. The maximum atomic E-state index is 13.2. The molecule has 0 spiro atoms. The van der Waals surface area contributed by atoms with E-state index in [1.807, 2.05) is 13.1 Å². The highest BCUT2D eigenvalue weighted by Crippen LogP contribution is 2.18. The largest absolute Gasteiger partial charge is 0.313 e. The van der Waals surface area contributed by atoms with Crippen molar-refractivity contribution in [3.63, 3.8) is 0 Å². The number of hydrogen-bond acceptors (Lipinski definition) is 2. The fourth-order valence-corrected chi connectivity index (χ4v) is 1.90. The van der Waals surface area contributed by atoms with Crippen LogP contribution in [0.4, 0.5) is 4.39 Å². The summed E-state index contributed by atoms with van der Waals surface area (Å²) in [7, 11) is 0. The summed E-state index contributed by atoms with van der Waals surface area (Å²) in [6, 6.07) is 4.72. The second-order valence-corrected chi connectivity index (χ2v) is 4.57. The average molecular weight is 298 g/mol. The van der Waals surface area contributed by atoms with E-state index in [1.54, 1.807) is 16.9 Å². The first-order valence-corrected chi connectivity index (χ1v) is 6.19. The van der Waals surface area contributed by atoms with E-state index in [4.69, 9.17) is 0 Å². The number of hydrogen-bond donors (Lipinski definition) is 1. The van der Waals surface area contributed by atoms with Gasteiger partial charge in [0.25, 0.3) is 0 Å². The molecule has 0 aliphatic carbocycles. The van der Waals surface area contributed by atoms with Crippen molar-refractivity contribution < 1.29 is 4.39 Å². The zero-order valence-corrected chi connectivity index (χ0v) is 11.0. The minimum absolute atomic E-state index is 0.229. The molecule has 2 rings (SSSR count). The molecule has 0 amide bonds. The molecule has 2 aromatic rings. The smallest absolute Gasteiger partial charge is 0.123 e. The number of halogens is 2. The summed E-state index contributed by atoms with van der Waals surface area (Å²) in [6.45, 7) is 3.49. The third-order valence-electron chi connectivity index (χ3n) is 2.40. The monoisotopic (exact) mass is 297 g/mol. The Hall–Kier alpha value is -1.20. The Kier molecular flexibility index (Phi) is 3.91. The van der Waals surface area contributed by atoms with E-state index in [0.717, 1.165) is 22.3 Å². The molecule has 0 unspecified atom stereocenters. The highest BCUT2D eigenvalue weighted by Gasteiger charge is 2.07. The Balaban J connectivity index is 2.38. The number of nitrogens with zero attached hydrogens (tertiary/aromatic N) is 2. The fraction of sp³-hybridized carbons (Fsp3) is 0.250. The van der Waals surface area contributed by atoms with E-state index < -0.39 is 0 Å². The van der Waals surface area contributed by atoms with Crippen LogP contribution in [0, 0.1) is 5.82 Å². The van der Waals surface area contributed by atoms with Crippen LogP contribution < -0.4 is 5.32 Å². The molecule has 5 heteroatoms. The molecule has 0 saturated heterocycles. The quantitative estimate of drug-likeness (QED) is 0.940.